The van der Waals surface area contributed by atoms with Gasteiger partial charge in [0.05, 0.1) is 6.54 Å². The smallest absolute Gasteiger partial charge is 0.408 e. The van der Waals surface area contributed by atoms with E-state index < -0.39 is 18.1 Å². The van der Waals surface area contributed by atoms with E-state index in [0.29, 0.717) is 0 Å². The van der Waals surface area contributed by atoms with Gasteiger partial charge in [-0.15, -0.1) is 0 Å². The van der Waals surface area contributed by atoms with E-state index in [1.54, 1.807) is 0 Å². The monoisotopic (exact) mass is 240 g/mol. The molecule has 1 unspecified atom stereocenters. The summed E-state index contributed by atoms with van der Waals surface area (Å²) in [7, 11) is 0. The minimum absolute atomic E-state index is 0.0154. The Morgan fingerprint density at radius 3 is 2.94 bits per heavy atom. The van der Waals surface area contributed by atoms with Crippen molar-refractivity contribution in [3.63, 3.8) is 0 Å². The topological polar surface area (TPSA) is 106 Å². The normalized spacial score (nSPS) is 11.5. The molecular formula is C9H12N4O4. The van der Waals surface area contributed by atoms with Gasteiger partial charge in [-0.1, -0.05) is 12.7 Å². The lowest BCUT2D eigenvalue weighted by Gasteiger charge is -2.13. The quantitative estimate of drug-likeness (QED) is 0.658. The van der Waals surface area contributed by atoms with E-state index in [9.17, 15) is 9.59 Å². The van der Waals surface area contributed by atoms with Gasteiger partial charge in [0.2, 0.25) is 0 Å². The summed E-state index contributed by atoms with van der Waals surface area (Å²) < 4.78 is 5.91. The van der Waals surface area contributed by atoms with Crippen LogP contribution in [-0.2, 0) is 16.1 Å². The molecule has 0 aliphatic rings. The molecule has 0 aromatic carbocycles. The maximum Gasteiger partial charge on any atom is 0.408 e. The number of rotatable bonds is 6. The molecule has 1 amide bonds. The van der Waals surface area contributed by atoms with Gasteiger partial charge < -0.3 is 15.2 Å². The SMILES string of the molecule is C=CCOC(=O)NC(Cn1cncn1)C(=O)O. The van der Waals surface area contributed by atoms with Crippen LogP contribution >= 0.6 is 0 Å². The van der Waals surface area contributed by atoms with E-state index in [0.717, 1.165) is 0 Å². The maximum atomic E-state index is 11.2. The molecule has 8 nitrogen and oxygen atoms in total. The number of aromatic nitrogens is 3. The van der Waals surface area contributed by atoms with Crippen molar-refractivity contribution in [2.24, 2.45) is 0 Å². The highest BCUT2D eigenvalue weighted by Crippen LogP contribution is 1.92. The van der Waals surface area contributed by atoms with Gasteiger partial charge in [-0.3, -0.25) is 4.68 Å². The molecule has 2 N–H and O–H groups in total. The molecule has 1 heterocycles. The van der Waals surface area contributed by atoms with Crippen LogP contribution in [0.15, 0.2) is 25.3 Å². The Balaban J connectivity index is 2.51. The fourth-order valence-corrected chi connectivity index (χ4v) is 1.02. The summed E-state index contributed by atoms with van der Waals surface area (Å²) >= 11 is 0. The predicted molar refractivity (Wildman–Crippen MR) is 56.1 cm³/mol. The Morgan fingerprint density at radius 1 is 1.65 bits per heavy atom. The fraction of sp³-hybridized carbons (Fsp3) is 0.333. The third-order valence-electron chi connectivity index (χ3n) is 1.76. The van der Waals surface area contributed by atoms with Gasteiger partial charge in [0.1, 0.15) is 25.3 Å². The first-order valence-electron chi connectivity index (χ1n) is 4.73. The Hall–Kier alpha value is -2.38. The Morgan fingerprint density at radius 2 is 2.41 bits per heavy atom. The van der Waals surface area contributed by atoms with Gasteiger partial charge in [-0.2, -0.15) is 5.10 Å². The third-order valence-corrected chi connectivity index (χ3v) is 1.76. The molecule has 92 valence electrons. The molecule has 0 spiro atoms. The third kappa shape index (κ3) is 4.33. The first-order valence-corrected chi connectivity index (χ1v) is 4.73. The maximum absolute atomic E-state index is 11.2. The van der Waals surface area contributed by atoms with E-state index in [-0.39, 0.29) is 13.2 Å². The van der Waals surface area contributed by atoms with Crippen LogP contribution in [-0.4, -0.2) is 44.6 Å². The summed E-state index contributed by atoms with van der Waals surface area (Å²) in [6.07, 6.45) is 3.19. The van der Waals surface area contributed by atoms with Gasteiger partial charge in [-0.05, 0) is 0 Å². The van der Waals surface area contributed by atoms with Crippen LogP contribution in [0.25, 0.3) is 0 Å². The number of nitrogens with one attached hydrogen (secondary N) is 1. The number of carboxylic acid groups (broad SMARTS) is 1. The summed E-state index contributed by atoms with van der Waals surface area (Å²) in [5, 5.41) is 14.8. The lowest BCUT2D eigenvalue weighted by atomic mass is 10.3. The number of carbonyl (C=O) groups excluding carboxylic acids is 1. The number of hydrogen-bond donors (Lipinski definition) is 2. The van der Waals surface area contributed by atoms with Crippen LogP contribution in [0, 0.1) is 0 Å². The van der Waals surface area contributed by atoms with Gasteiger partial charge in [0, 0.05) is 0 Å². The number of amides is 1. The first kappa shape index (κ1) is 12.7. The second-order valence-corrected chi connectivity index (χ2v) is 3.04. The van der Waals surface area contributed by atoms with Crippen LogP contribution in [0.2, 0.25) is 0 Å². The Labute approximate surface area is 96.9 Å². The molecule has 1 aromatic heterocycles. The van der Waals surface area contributed by atoms with Crippen LogP contribution < -0.4 is 5.32 Å². The zero-order valence-corrected chi connectivity index (χ0v) is 8.94. The number of ether oxygens (including phenoxy) is 1. The van der Waals surface area contributed by atoms with Crippen molar-refractivity contribution in [1.29, 1.82) is 0 Å². The number of nitrogens with zero attached hydrogens (tertiary/aromatic N) is 3. The molecule has 1 aromatic rings. The van der Waals surface area contributed by atoms with Crippen molar-refractivity contribution in [2.75, 3.05) is 6.61 Å². The van der Waals surface area contributed by atoms with Crippen molar-refractivity contribution in [2.45, 2.75) is 12.6 Å². The molecule has 0 aliphatic carbocycles. The minimum Gasteiger partial charge on any atom is -0.480 e. The van der Waals surface area contributed by atoms with Gasteiger partial charge in [-0.25, -0.2) is 14.6 Å². The largest absolute Gasteiger partial charge is 0.480 e. The average Bonchev–Trinajstić information content (AvgIpc) is 2.78. The van der Waals surface area contributed by atoms with Crippen LogP contribution in [0.1, 0.15) is 0 Å². The van der Waals surface area contributed by atoms with Crippen LogP contribution in [0.5, 0.6) is 0 Å². The molecule has 1 atom stereocenters. The van der Waals surface area contributed by atoms with Gasteiger partial charge >= 0.3 is 12.1 Å². The number of aliphatic carboxylic acids is 1. The molecule has 1 rings (SSSR count). The molecule has 8 heteroatoms. The van der Waals surface area contributed by atoms with E-state index in [4.69, 9.17) is 5.11 Å². The summed E-state index contributed by atoms with van der Waals surface area (Å²) in [4.78, 5) is 25.7. The molecule has 17 heavy (non-hydrogen) atoms. The predicted octanol–water partition coefficient (Wildman–Crippen LogP) is -0.357. The van der Waals surface area contributed by atoms with E-state index >= 15 is 0 Å². The second-order valence-electron chi connectivity index (χ2n) is 3.04. The summed E-state index contributed by atoms with van der Waals surface area (Å²) in [5.41, 5.74) is 0. The lowest BCUT2D eigenvalue weighted by molar-refractivity contribution is -0.139. The van der Waals surface area contributed by atoms with Crippen LogP contribution in [0.4, 0.5) is 4.79 Å². The molecular weight excluding hydrogens is 228 g/mol. The van der Waals surface area contributed by atoms with Crippen molar-refractivity contribution in [1.82, 2.24) is 20.1 Å². The zero-order chi connectivity index (χ0) is 12.7. The van der Waals surface area contributed by atoms with E-state index in [2.05, 4.69) is 26.7 Å². The van der Waals surface area contributed by atoms with Crippen molar-refractivity contribution in [3.8, 4) is 0 Å². The number of carboxylic acids is 1. The van der Waals surface area contributed by atoms with E-state index in [1.807, 2.05) is 0 Å². The summed E-state index contributed by atoms with van der Waals surface area (Å²) in [6, 6.07) is -1.13. The number of hydrogen-bond acceptors (Lipinski definition) is 5. The zero-order valence-electron chi connectivity index (χ0n) is 8.94. The van der Waals surface area contributed by atoms with Gasteiger partial charge in [0.25, 0.3) is 0 Å². The van der Waals surface area contributed by atoms with Crippen molar-refractivity contribution in [3.05, 3.63) is 25.3 Å². The lowest BCUT2D eigenvalue weighted by Crippen LogP contribution is -2.44. The number of alkyl carbamates (subject to hydrolysis) is 1. The van der Waals surface area contributed by atoms with Crippen LogP contribution in [0.3, 0.4) is 0 Å². The summed E-state index contributed by atoms with van der Waals surface area (Å²) in [5.74, 6) is -1.18. The van der Waals surface area contributed by atoms with Crippen molar-refractivity contribution < 1.29 is 19.4 Å². The second kappa shape index (κ2) is 6.26. The highest BCUT2D eigenvalue weighted by Gasteiger charge is 2.21. The summed E-state index contributed by atoms with van der Waals surface area (Å²) in [6.45, 7) is 3.35. The Kier molecular flexibility index (Phi) is 4.67. The molecule has 0 saturated heterocycles. The standard InChI is InChI=1S/C9H12N4O4/c1-2-3-17-9(16)12-7(8(14)15)4-13-6-10-5-11-13/h2,5-7H,1,3-4H2,(H,12,16)(H,14,15). The molecule has 0 radical (unpaired) electrons. The highest BCUT2D eigenvalue weighted by molar-refractivity contribution is 5.79. The molecule has 0 saturated carbocycles. The molecule has 0 fully saturated rings. The molecule has 0 aliphatic heterocycles. The van der Waals surface area contributed by atoms with Gasteiger partial charge in [0.15, 0.2) is 0 Å². The fourth-order valence-electron chi connectivity index (χ4n) is 1.02. The number of carbonyl (C=O) groups is 2. The average molecular weight is 240 g/mol. The first-order chi connectivity index (χ1) is 8.13. The highest BCUT2D eigenvalue weighted by atomic mass is 16.5. The van der Waals surface area contributed by atoms with E-state index in [1.165, 1.54) is 23.4 Å². The Bertz CT molecular complexity index is 390. The minimum atomic E-state index is -1.18. The van der Waals surface area contributed by atoms with Crippen molar-refractivity contribution >= 4 is 12.1 Å². The molecule has 0 bridgehead atoms.